The Labute approximate surface area is 74.3 Å². The van der Waals surface area contributed by atoms with Crippen molar-refractivity contribution in [2.75, 3.05) is 12.3 Å². The lowest BCUT2D eigenvalue weighted by atomic mass is 10.3. The van der Waals surface area contributed by atoms with E-state index in [0.29, 0.717) is 0 Å². The molecule has 4 N–H and O–H groups in total. The second-order valence-corrected chi connectivity index (χ2v) is 2.41. The number of rotatable bonds is 3. The number of carbonyl (C=O) groups is 1. The first-order valence-electron chi connectivity index (χ1n) is 3.56. The van der Waals surface area contributed by atoms with E-state index < -0.39 is 11.7 Å². The Balaban J connectivity index is 2.81. The molecule has 0 fully saturated rings. The van der Waals surface area contributed by atoms with E-state index in [4.69, 9.17) is 16.2 Å². The number of primary amides is 1. The van der Waals surface area contributed by atoms with Crippen LogP contribution in [-0.2, 0) is 4.79 Å². The van der Waals surface area contributed by atoms with Gasteiger partial charge in [0, 0.05) is 0 Å². The number of anilines is 1. The van der Waals surface area contributed by atoms with E-state index in [1.54, 1.807) is 0 Å². The molecule has 0 saturated heterocycles. The van der Waals surface area contributed by atoms with Crippen LogP contribution in [0.1, 0.15) is 0 Å². The van der Waals surface area contributed by atoms with Crippen LogP contribution in [0.5, 0.6) is 5.75 Å². The Morgan fingerprint density at radius 2 is 2.23 bits per heavy atom. The van der Waals surface area contributed by atoms with E-state index in [1.165, 1.54) is 18.2 Å². The predicted octanol–water partition coefficient (Wildman–Crippen LogP) is 0.272. The minimum absolute atomic E-state index is 0.138. The molecule has 1 aromatic rings. The molecule has 0 aromatic heterocycles. The fourth-order valence-corrected chi connectivity index (χ4v) is 0.821. The monoisotopic (exact) mass is 184 g/mol. The SMILES string of the molecule is NC(=O)COc1c(N)cccc1F. The molecule has 0 radical (unpaired) electrons. The second-order valence-electron chi connectivity index (χ2n) is 2.41. The van der Waals surface area contributed by atoms with Gasteiger partial charge in [-0.3, -0.25) is 4.79 Å². The number of hydrogen-bond donors (Lipinski definition) is 2. The summed E-state index contributed by atoms with van der Waals surface area (Å²) in [7, 11) is 0. The zero-order valence-corrected chi connectivity index (χ0v) is 6.79. The maximum atomic E-state index is 12.9. The van der Waals surface area contributed by atoms with Crippen molar-refractivity contribution in [3.8, 4) is 5.75 Å². The number of hydrogen-bond acceptors (Lipinski definition) is 3. The van der Waals surface area contributed by atoms with Crippen LogP contribution in [-0.4, -0.2) is 12.5 Å². The largest absolute Gasteiger partial charge is 0.479 e. The first-order chi connectivity index (χ1) is 6.11. The van der Waals surface area contributed by atoms with Gasteiger partial charge in [-0.15, -0.1) is 0 Å². The van der Waals surface area contributed by atoms with E-state index in [0.717, 1.165) is 0 Å². The summed E-state index contributed by atoms with van der Waals surface area (Å²) in [5.74, 6) is -1.43. The minimum atomic E-state index is -0.678. The van der Waals surface area contributed by atoms with Crippen LogP contribution in [0.2, 0.25) is 0 Å². The maximum Gasteiger partial charge on any atom is 0.255 e. The molecule has 1 amide bonds. The van der Waals surface area contributed by atoms with Crippen molar-refractivity contribution in [1.82, 2.24) is 0 Å². The van der Waals surface area contributed by atoms with Gasteiger partial charge in [-0.05, 0) is 12.1 Å². The molecule has 0 spiro atoms. The summed E-state index contributed by atoms with van der Waals surface area (Å²) in [6, 6.07) is 4.11. The number of amides is 1. The molecule has 1 rings (SSSR count). The third-order valence-electron chi connectivity index (χ3n) is 1.36. The summed E-state index contributed by atoms with van der Waals surface area (Å²) in [6.07, 6.45) is 0. The number of nitrogens with two attached hydrogens (primary N) is 2. The summed E-state index contributed by atoms with van der Waals surface area (Å²) in [6.45, 7) is -0.384. The number of ether oxygens (including phenoxy) is 1. The summed E-state index contributed by atoms with van der Waals surface area (Å²) in [5, 5.41) is 0. The van der Waals surface area contributed by atoms with E-state index in [-0.39, 0.29) is 18.0 Å². The third-order valence-corrected chi connectivity index (χ3v) is 1.36. The van der Waals surface area contributed by atoms with Crippen molar-refractivity contribution in [3.63, 3.8) is 0 Å². The van der Waals surface area contributed by atoms with Crippen LogP contribution in [0, 0.1) is 5.82 Å². The molecule has 0 bridgehead atoms. The molecule has 5 heteroatoms. The molecule has 0 aliphatic carbocycles. The van der Waals surface area contributed by atoms with Crippen molar-refractivity contribution in [1.29, 1.82) is 0 Å². The Kier molecular flexibility index (Phi) is 2.69. The van der Waals surface area contributed by atoms with Gasteiger partial charge in [0.25, 0.3) is 5.91 Å². The molecule has 0 saturated carbocycles. The van der Waals surface area contributed by atoms with Gasteiger partial charge in [-0.2, -0.15) is 0 Å². The average Bonchev–Trinajstić information content (AvgIpc) is 2.03. The van der Waals surface area contributed by atoms with Gasteiger partial charge in [-0.25, -0.2) is 4.39 Å². The highest BCUT2D eigenvalue weighted by Crippen LogP contribution is 2.24. The van der Waals surface area contributed by atoms with Gasteiger partial charge >= 0.3 is 0 Å². The van der Waals surface area contributed by atoms with Crippen LogP contribution in [0.25, 0.3) is 0 Å². The minimum Gasteiger partial charge on any atom is -0.479 e. The third kappa shape index (κ3) is 2.33. The number of nitrogen functional groups attached to an aromatic ring is 1. The van der Waals surface area contributed by atoms with Gasteiger partial charge in [0.1, 0.15) is 0 Å². The van der Waals surface area contributed by atoms with Gasteiger partial charge < -0.3 is 16.2 Å². The number of carbonyl (C=O) groups excluding carboxylic acids is 1. The topological polar surface area (TPSA) is 78.3 Å². The van der Waals surface area contributed by atoms with Crippen molar-refractivity contribution < 1.29 is 13.9 Å². The fraction of sp³-hybridized carbons (Fsp3) is 0.125. The highest BCUT2D eigenvalue weighted by atomic mass is 19.1. The predicted molar refractivity (Wildman–Crippen MR) is 45.5 cm³/mol. The first-order valence-corrected chi connectivity index (χ1v) is 3.56. The maximum absolute atomic E-state index is 12.9. The highest BCUT2D eigenvalue weighted by Gasteiger charge is 2.07. The van der Waals surface area contributed by atoms with Crippen LogP contribution >= 0.6 is 0 Å². The normalized spacial score (nSPS) is 9.62. The molecule has 1 aromatic carbocycles. The van der Waals surface area contributed by atoms with Crippen molar-refractivity contribution >= 4 is 11.6 Å². The standard InChI is InChI=1S/C8H9FN2O2/c9-5-2-1-3-6(10)8(5)13-4-7(11)12/h1-3H,4,10H2,(H2,11,12). The zero-order valence-electron chi connectivity index (χ0n) is 6.79. The summed E-state index contributed by atoms with van der Waals surface area (Å²) in [5.41, 5.74) is 10.3. The molecular weight excluding hydrogens is 175 g/mol. The van der Waals surface area contributed by atoms with Crippen LogP contribution in [0.3, 0.4) is 0 Å². The second kappa shape index (κ2) is 3.75. The molecule has 0 unspecified atom stereocenters. The van der Waals surface area contributed by atoms with Gasteiger partial charge in [0.2, 0.25) is 0 Å². The molecular formula is C8H9FN2O2. The average molecular weight is 184 g/mol. The van der Waals surface area contributed by atoms with Crippen molar-refractivity contribution in [3.05, 3.63) is 24.0 Å². The summed E-state index contributed by atoms with van der Waals surface area (Å²) < 4.78 is 17.7. The van der Waals surface area contributed by atoms with Crippen LogP contribution in [0.4, 0.5) is 10.1 Å². The van der Waals surface area contributed by atoms with E-state index >= 15 is 0 Å². The summed E-state index contributed by atoms with van der Waals surface area (Å²) >= 11 is 0. The van der Waals surface area contributed by atoms with Gasteiger partial charge in [0.15, 0.2) is 18.2 Å². The molecule has 70 valence electrons. The van der Waals surface area contributed by atoms with E-state index in [2.05, 4.69) is 0 Å². The molecule has 13 heavy (non-hydrogen) atoms. The van der Waals surface area contributed by atoms with E-state index in [1.807, 2.05) is 0 Å². The smallest absolute Gasteiger partial charge is 0.255 e. The van der Waals surface area contributed by atoms with Gasteiger partial charge in [0.05, 0.1) is 5.69 Å². The molecule has 0 heterocycles. The van der Waals surface area contributed by atoms with Crippen molar-refractivity contribution in [2.45, 2.75) is 0 Å². The molecule has 4 nitrogen and oxygen atoms in total. The number of halogens is 1. The Bertz CT molecular complexity index is 308. The Morgan fingerprint density at radius 3 is 2.77 bits per heavy atom. The van der Waals surface area contributed by atoms with Crippen molar-refractivity contribution in [2.24, 2.45) is 5.73 Å². The Morgan fingerprint density at radius 1 is 1.54 bits per heavy atom. The first kappa shape index (κ1) is 9.31. The number of benzene rings is 1. The zero-order chi connectivity index (χ0) is 9.84. The molecule has 0 atom stereocenters. The summed E-state index contributed by atoms with van der Waals surface area (Å²) in [4.78, 5) is 10.3. The van der Waals surface area contributed by atoms with Crippen LogP contribution < -0.4 is 16.2 Å². The van der Waals surface area contributed by atoms with Gasteiger partial charge in [-0.1, -0.05) is 6.07 Å². The Hall–Kier alpha value is -1.78. The molecule has 0 aliphatic rings. The molecule has 0 aliphatic heterocycles. The van der Waals surface area contributed by atoms with Crippen LogP contribution in [0.15, 0.2) is 18.2 Å². The lowest BCUT2D eigenvalue weighted by Crippen LogP contribution is -2.20. The highest BCUT2D eigenvalue weighted by molar-refractivity contribution is 5.75. The quantitative estimate of drug-likeness (QED) is 0.662. The lowest BCUT2D eigenvalue weighted by molar-refractivity contribution is -0.119. The van der Waals surface area contributed by atoms with E-state index in [9.17, 15) is 9.18 Å². The fourth-order valence-electron chi connectivity index (χ4n) is 0.821. The lowest BCUT2D eigenvalue weighted by Gasteiger charge is -2.06. The number of para-hydroxylation sites is 1.